The van der Waals surface area contributed by atoms with Gasteiger partial charge in [0.05, 0.1) is 12.6 Å². The fourth-order valence-corrected chi connectivity index (χ4v) is 4.94. The zero-order valence-electron chi connectivity index (χ0n) is 22.8. The van der Waals surface area contributed by atoms with E-state index in [-0.39, 0.29) is 38.7 Å². The Morgan fingerprint density at radius 3 is 2.17 bits per heavy atom. The Hall–Kier alpha value is -1.77. The summed E-state index contributed by atoms with van der Waals surface area (Å²) in [6.45, 7) is 15.1. The Bertz CT molecular complexity index is 801. The average Bonchev–Trinajstić information content (AvgIpc) is 2.93. The molecule has 0 aromatic heterocycles. The number of amides is 3. The second kappa shape index (κ2) is 14.8. The highest BCUT2D eigenvalue weighted by Crippen LogP contribution is 2.14. The van der Waals surface area contributed by atoms with E-state index in [9.17, 15) is 9.59 Å². The number of hydrogen-bond acceptors (Lipinski definition) is 6. The van der Waals surface area contributed by atoms with E-state index in [1.165, 1.54) is 5.01 Å². The molecule has 1 aliphatic rings. The number of urea groups is 1. The van der Waals surface area contributed by atoms with E-state index in [4.69, 9.17) is 18.9 Å². The van der Waals surface area contributed by atoms with Crippen molar-refractivity contribution in [3.05, 3.63) is 35.9 Å². The normalized spacial score (nSPS) is 18.9. The van der Waals surface area contributed by atoms with Gasteiger partial charge in [-0.15, -0.1) is 0 Å². The van der Waals surface area contributed by atoms with Crippen LogP contribution in [0.3, 0.4) is 0 Å². The average molecular weight is 540 g/mol. The molecule has 36 heavy (non-hydrogen) atoms. The molecule has 3 amide bonds. The molecule has 2 rings (SSSR count). The number of hydrogen-bond donors (Lipinski definition) is 2. The largest absolute Gasteiger partial charge is 0.356 e. The van der Waals surface area contributed by atoms with Crippen LogP contribution < -0.4 is 10.7 Å². The van der Waals surface area contributed by atoms with Gasteiger partial charge < -0.3 is 24.3 Å². The van der Waals surface area contributed by atoms with Gasteiger partial charge in [0.25, 0.3) is 5.91 Å². The minimum absolute atomic E-state index is 0.0394. The maximum absolute atomic E-state index is 12.8. The standard InChI is InChI=1S/C25H45N3O6Si2/c1-35(2,3)14-12-31-19-33-18-24(29)28-17-23(34-20-32-13-15-36(4,5)6)22(26-25(30)27-28)16-21-10-8-7-9-11-21/h7-11,22-23H,12-20H2,1-6H3,(H2,26,27,30)/t22-,23-/m1/s1. The quantitative estimate of drug-likeness (QED) is 0.200. The predicted molar refractivity (Wildman–Crippen MR) is 146 cm³/mol. The molecule has 0 radical (unpaired) electrons. The SMILES string of the molecule is C[Si](C)(C)CCOCOCC(=O)N1C[C@@H](OCOCC[Si](C)(C)C)[C@@H](Cc2ccccc2)NC(=O)N1. The fourth-order valence-electron chi connectivity index (χ4n) is 3.43. The molecular weight excluding hydrogens is 494 g/mol. The third-order valence-electron chi connectivity index (χ3n) is 5.71. The monoisotopic (exact) mass is 539 g/mol. The molecule has 0 saturated carbocycles. The highest BCUT2D eigenvalue weighted by molar-refractivity contribution is 6.76. The first-order chi connectivity index (χ1) is 16.9. The Balaban J connectivity index is 1.93. The van der Waals surface area contributed by atoms with Crippen LogP contribution in [-0.4, -0.2) is 85.2 Å². The summed E-state index contributed by atoms with van der Waals surface area (Å²) >= 11 is 0. The summed E-state index contributed by atoms with van der Waals surface area (Å²) in [5, 5.41) is 4.21. The first kappa shape index (κ1) is 30.5. The highest BCUT2D eigenvalue weighted by atomic mass is 28.3. The molecule has 2 atom stereocenters. The molecule has 0 bridgehead atoms. The van der Waals surface area contributed by atoms with Crippen LogP contribution in [-0.2, 0) is 30.2 Å². The molecule has 1 aliphatic heterocycles. The van der Waals surface area contributed by atoms with Gasteiger partial charge in [0.15, 0.2) is 0 Å². The maximum atomic E-state index is 12.8. The van der Waals surface area contributed by atoms with Crippen molar-refractivity contribution in [2.45, 2.75) is 69.9 Å². The number of nitrogens with one attached hydrogen (secondary N) is 2. The van der Waals surface area contributed by atoms with Gasteiger partial charge in [-0.25, -0.2) is 15.2 Å². The van der Waals surface area contributed by atoms with Gasteiger partial charge in [0.2, 0.25) is 0 Å². The number of benzene rings is 1. The van der Waals surface area contributed by atoms with E-state index < -0.39 is 28.3 Å². The second-order valence-corrected chi connectivity index (χ2v) is 22.9. The number of hydrazine groups is 1. The van der Waals surface area contributed by atoms with Gasteiger partial charge in [-0.1, -0.05) is 69.6 Å². The van der Waals surface area contributed by atoms with Gasteiger partial charge in [-0.2, -0.15) is 0 Å². The van der Waals surface area contributed by atoms with Crippen LogP contribution in [0.4, 0.5) is 4.79 Å². The molecule has 2 N–H and O–H groups in total. The van der Waals surface area contributed by atoms with Crippen molar-refractivity contribution < 1.29 is 28.5 Å². The van der Waals surface area contributed by atoms with Gasteiger partial charge in [-0.3, -0.25) is 4.79 Å². The highest BCUT2D eigenvalue weighted by Gasteiger charge is 2.33. The molecule has 1 aromatic carbocycles. The van der Waals surface area contributed by atoms with E-state index in [2.05, 4.69) is 50.0 Å². The zero-order chi connectivity index (χ0) is 26.6. The van der Waals surface area contributed by atoms with Gasteiger partial charge in [0, 0.05) is 29.4 Å². The van der Waals surface area contributed by atoms with Crippen molar-refractivity contribution in [2.75, 3.05) is 40.0 Å². The van der Waals surface area contributed by atoms with Crippen LogP contribution in [0.5, 0.6) is 0 Å². The summed E-state index contributed by atoms with van der Waals surface area (Å²) < 4.78 is 22.7. The van der Waals surface area contributed by atoms with E-state index in [1.807, 2.05) is 30.3 Å². The van der Waals surface area contributed by atoms with Crippen LogP contribution in [0.15, 0.2) is 30.3 Å². The van der Waals surface area contributed by atoms with E-state index >= 15 is 0 Å². The van der Waals surface area contributed by atoms with Crippen LogP contribution in [0, 0.1) is 0 Å². The number of carbonyl (C=O) groups excluding carboxylic acids is 2. The van der Waals surface area contributed by atoms with Crippen molar-refractivity contribution in [1.82, 2.24) is 15.8 Å². The maximum Gasteiger partial charge on any atom is 0.333 e. The number of rotatable bonds is 15. The minimum atomic E-state index is -1.21. The van der Waals surface area contributed by atoms with Crippen molar-refractivity contribution in [1.29, 1.82) is 0 Å². The summed E-state index contributed by atoms with van der Waals surface area (Å²) in [5.74, 6) is -0.368. The van der Waals surface area contributed by atoms with Crippen LogP contribution in [0.2, 0.25) is 51.4 Å². The summed E-state index contributed by atoms with van der Waals surface area (Å²) in [6.07, 6.45) is 0.102. The summed E-state index contributed by atoms with van der Waals surface area (Å²) in [5.41, 5.74) is 3.69. The molecule has 1 heterocycles. The molecule has 9 nitrogen and oxygen atoms in total. The Morgan fingerprint density at radius 1 is 0.944 bits per heavy atom. The molecular formula is C25H45N3O6Si2. The van der Waals surface area contributed by atoms with Gasteiger partial charge in [0.1, 0.15) is 26.3 Å². The lowest BCUT2D eigenvalue weighted by Gasteiger charge is -2.27. The van der Waals surface area contributed by atoms with Crippen LogP contribution in [0.25, 0.3) is 0 Å². The lowest BCUT2D eigenvalue weighted by molar-refractivity contribution is -0.149. The molecule has 0 unspecified atom stereocenters. The molecule has 0 spiro atoms. The van der Waals surface area contributed by atoms with Crippen molar-refractivity contribution in [2.24, 2.45) is 0 Å². The number of nitrogens with zero attached hydrogens (tertiary/aromatic N) is 1. The van der Waals surface area contributed by atoms with Gasteiger partial charge >= 0.3 is 6.03 Å². The Labute approximate surface area is 218 Å². The fraction of sp³-hybridized carbons (Fsp3) is 0.680. The summed E-state index contributed by atoms with van der Waals surface area (Å²) in [4.78, 5) is 25.4. The summed E-state index contributed by atoms with van der Waals surface area (Å²) in [7, 11) is -2.39. The number of carbonyl (C=O) groups is 2. The lowest BCUT2D eigenvalue weighted by atomic mass is 10.0. The molecule has 1 saturated heterocycles. The predicted octanol–water partition coefficient (Wildman–Crippen LogP) is 3.68. The van der Waals surface area contributed by atoms with E-state index in [0.717, 1.165) is 17.7 Å². The third kappa shape index (κ3) is 13.0. The Morgan fingerprint density at radius 2 is 1.56 bits per heavy atom. The lowest BCUT2D eigenvalue weighted by Crippen LogP contribution is -2.49. The van der Waals surface area contributed by atoms with E-state index in [0.29, 0.717) is 19.6 Å². The Kier molecular flexibility index (Phi) is 12.6. The molecule has 204 valence electrons. The first-order valence-electron chi connectivity index (χ1n) is 12.7. The molecule has 1 aromatic rings. The second-order valence-electron chi connectivity index (χ2n) is 11.6. The summed E-state index contributed by atoms with van der Waals surface area (Å²) in [6, 6.07) is 11.1. The topological polar surface area (TPSA) is 98.4 Å². The molecule has 1 fully saturated rings. The van der Waals surface area contributed by atoms with Crippen molar-refractivity contribution in [3.8, 4) is 0 Å². The molecule has 11 heteroatoms. The van der Waals surface area contributed by atoms with Gasteiger partial charge in [-0.05, 0) is 24.1 Å². The molecule has 0 aliphatic carbocycles. The van der Waals surface area contributed by atoms with Crippen molar-refractivity contribution in [3.63, 3.8) is 0 Å². The number of ether oxygens (including phenoxy) is 4. The zero-order valence-corrected chi connectivity index (χ0v) is 24.8. The van der Waals surface area contributed by atoms with Crippen molar-refractivity contribution >= 4 is 28.1 Å². The van der Waals surface area contributed by atoms with E-state index in [1.54, 1.807) is 0 Å². The van der Waals surface area contributed by atoms with Crippen LogP contribution >= 0.6 is 0 Å². The first-order valence-corrected chi connectivity index (χ1v) is 20.1. The smallest absolute Gasteiger partial charge is 0.333 e. The minimum Gasteiger partial charge on any atom is -0.356 e. The van der Waals surface area contributed by atoms with Crippen LogP contribution in [0.1, 0.15) is 5.56 Å². The third-order valence-corrected chi connectivity index (χ3v) is 9.12.